The van der Waals surface area contributed by atoms with Gasteiger partial charge in [-0.25, -0.2) is 0 Å². The van der Waals surface area contributed by atoms with Crippen molar-refractivity contribution < 1.29 is 14.3 Å². The molecule has 5 heteroatoms. The molecule has 3 rings (SSSR count). The Hall–Kier alpha value is -2.48. The summed E-state index contributed by atoms with van der Waals surface area (Å²) in [6.45, 7) is 0.195. The van der Waals surface area contributed by atoms with Crippen LogP contribution in [0.4, 0.5) is 5.69 Å². The Kier molecular flexibility index (Phi) is 3.78. The number of nitrogens with one attached hydrogen (secondary N) is 1. The van der Waals surface area contributed by atoms with Crippen LogP contribution < -0.4 is 14.8 Å². The number of nitrogens with zero attached hydrogens (tertiary/aromatic N) is 1. The van der Waals surface area contributed by atoms with Crippen LogP contribution in [-0.2, 0) is 4.79 Å². The quantitative estimate of drug-likeness (QED) is 0.669. The maximum Gasteiger partial charge on any atom is 0.266 e. The van der Waals surface area contributed by atoms with E-state index in [9.17, 15) is 10.1 Å². The summed E-state index contributed by atoms with van der Waals surface area (Å²) in [5.74, 6) is 0.934. The highest BCUT2D eigenvalue weighted by atomic mass is 16.7. The number of fused-ring (bicyclic) bond motifs is 1. The van der Waals surface area contributed by atoms with Crippen LogP contribution >= 0.6 is 0 Å². The molecule has 108 valence electrons. The van der Waals surface area contributed by atoms with Crippen LogP contribution in [0.2, 0.25) is 0 Å². The van der Waals surface area contributed by atoms with Crippen LogP contribution in [0.3, 0.4) is 0 Å². The Balaban J connectivity index is 1.77. The van der Waals surface area contributed by atoms with E-state index in [1.807, 2.05) is 0 Å². The Morgan fingerprint density at radius 3 is 2.67 bits per heavy atom. The third kappa shape index (κ3) is 2.84. The molecule has 1 fully saturated rings. The standard InChI is InChI=1S/C16H16N2O3/c17-9-13(11-4-2-1-3-5-11)16(19)18-12-6-7-14-15(8-12)21-10-20-14/h6-8H,1-5,10H2,(H,18,19). The van der Waals surface area contributed by atoms with Crippen molar-refractivity contribution in [1.29, 1.82) is 5.26 Å². The molecule has 5 nitrogen and oxygen atoms in total. The van der Waals surface area contributed by atoms with Crippen LogP contribution in [0.1, 0.15) is 32.1 Å². The van der Waals surface area contributed by atoms with Crippen molar-refractivity contribution in [3.63, 3.8) is 0 Å². The van der Waals surface area contributed by atoms with Gasteiger partial charge in [-0.1, -0.05) is 6.42 Å². The molecule has 1 saturated carbocycles. The molecule has 1 aromatic carbocycles. The van der Waals surface area contributed by atoms with E-state index < -0.39 is 0 Å². The van der Waals surface area contributed by atoms with Gasteiger partial charge in [0, 0.05) is 11.8 Å². The number of ether oxygens (including phenoxy) is 2. The average molecular weight is 284 g/mol. The summed E-state index contributed by atoms with van der Waals surface area (Å²) in [4.78, 5) is 12.3. The van der Waals surface area contributed by atoms with E-state index in [4.69, 9.17) is 9.47 Å². The number of rotatable bonds is 2. The zero-order chi connectivity index (χ0) is 14.7. The van der Waals surface area contributed by atoms with Gasteiger partial charge in [0.25, 0.3) is 5.91 Å². The summed E-state index contributed by atoms with van der Waals surface area (Å²) in [6.07, 6.45) is 4.97. The summed E-state index contributed by atoms with van der Waals surface area (Å²) in [5, 5.41) is 12.0. The van der Waals surface area contributed by atoms with Gasteiger partial charge in [0.15, 0.2) is 11.5 Å². The van der Waals surface area contributed by atoms with Crippen molar-refractivity contribution in [2.75, 3.05) is 12.1 Å². The molecular weight excluding hydrogens is 268 g/mol. The van der Waals surface area contributed by atoms with E-state index in [1.165, 1.54) is 6.42 Å². The lowest BCUT2D eigenvalue weighted by atomic mass is 9.91. The summed E-state index contributed by atoms with van der Waals surface area (Å²) in [6, 6.07) is 7.25. The summed E-state index contributed by atoms with van der Waals surface area (Å²) in [5.41, 5.74) is 1.84. The zero-order valence-electron chi connectivity index (χ0n) is 11.6. The van der Waals surface area contributed by atoms with Crippen LogP contribution in [-0.4, -0.2) is 12.7 Å². The molecule has 1 N–H and O–H groups in total. The minimum absolute atomic E-state index is 0.195. The van der Waals surface area contributed by atoms with Crippen molar-refractivity contribution in [1.82, 2.24) is 0 Å². The Morgan fingerprint density at radius 1 is 1.14 bits per heavy atom. The third-order valence-electron chi connectivity index (χ3n) is 3.78. The lowest BCUT2D eigenvalue weighted by Gasteiger charge is -2.15. The highest BCUT2D eigenvalue weighted by Crippen LogP contribution is 2.34. The van der Waals surface area contributed by atoms with Gasteiger partial charge in [-0.2, -0.15) is 5.26 Å². The number of nitriles is 1. The maximum absolute atomic E-state index is 12.3. The lowest BCUT2D eigenvalue weighted by molar-refractivity contribution is -0.112. The van der Waals surface area contributed by atoms with Gasteiger partial charge < -0.3 is 14.8 Å². The van der Waals surface area contributed by atoms with Gasteiger partial charge in [-0.15, -0.1) is 0 Å². The molecule has 0 spiro atoms. The van der Waals surface area contributed by atoms with Crippen molar-refractivity contribution in [3.05, 3.63) is 29.3 Å². The first-order chi connectivity index (χ1) is 10.3. The minimum atomic E-state index is -0.340. The van der Waals surface area contributed by atoms with Crippen molar-refractivity contribution in [3.8, 4) is 17.6 Å². The second-order valence-electron chi connectivity index (χ2n) is 5.17. The second kappa shape index (κ2) is 5.88. The third-order valence-corrected chi connectivity index (χ3v) is 3.78. The molecule has 1 aromatic rings. The first-order valence-corrected chi connectivity index (χ1v) is 7.11. The number of carbonyl (C=O) groups excluding carboxylic acids is 1. The minimum Gasteiger partial charge on any atom is -0.454 e. The lowest BCUT2D eigenvalue weighted by Crippen LogP contribution is -2.16. The molecule has 0 unspecified atom stereocenters. The molecule has 1 heterocycles. The number of hydrogen-bond donors (Lipinski definition) is 1. The summed E-state index contributed by atoms with van der Waals surface area (Å²) >= 11 is 0. The second-order valence-corrected chi connectivity index (χ2v) is 5.17. The Bertz CT molecular complexity index is 635. The zero-order valence-corrected chi connectivity index (χ0v) is 11.6. The van der Waals surface area contributed by atoms with Gasteiger partial charge in [0.05, 0.1) is 0 Å². The predicted octanol–water partition coefficient (Wildman–Crippen LogP) is 3.14. The van der Waals surface area contributed by atoms with E-state index >= 15 is 0 Å². The molecule has 1 amide bonds. The van der Waals surface area contributed by atoms with Crippen LogP contribution in [0.5, 0.6) is 11.5 Å². The van der Waals surface area contributed by atoms with E-state index in [-0.39, 0.29) is 18.3 Å². The number of amides is 1. The molecule has 1 aliphatic heterocycles. The molecule has 0 aromatic heterocycles. The molecule has 0 bridgehead atoms. The fourth-order valence-corrected chi connectivity index (χ4v) is 2.69. The maximum atomic E-state index is 12.3. The summed E-state index contributed by atoms with van der Waals surface area (Å²) in [7, 11) is 0. The molecule has 0 atom stereocenters. The Labute approximate surface area is 123 Å². The van der Waals surface area contributed by atoms with E-state index in [0.29, 0.717) is 17.2 Å². The molecule has 21 heavy (non-hydrogen) atoms. The predicted molar refractivity (Wildman–Crippen MR) is 76.9 cm³/mol. The van der Waals surface area contributed by atoms with Gasteiger partial charge in [0.1, 0.15) is 11.6 Å². The largest absolute Gasteiger partial charge is 0.454 e. The molecular formula is C16H16N2O3. The number of hydrogen-bond acceptors (Lipinski definition) is 4. The van der Waals surface area contributed by atoms with Crippen LogP contribution in [0, 0.1) is 11.3 Å². The molecule has 1 aliphatic carbocycles. The van der Waals surface area contributed by atoms with Crippen LogP contribution in [0.15, 0.2) is 29.3 Å². The van der Waals surface area contributed by atoms with Gasteiger partial charge >= 0.3 is 0 Å². The molecule has 2 aliphatic rings. The topological polar surface area (TPSA) is 71.4 Å². The fourth-order valence-electron chi connectivity index (χ4n) is 2.69. The molecule has 0 radical (unpaired) electrons. The highest BCUT2D eigenvalue weighted by Gasteiger charge is 2.19. The first kappa shape index (κ1) is 13.5. The van der Waals surface area contributed by atoms with E-state index in [1.54, 1.807) is 18.2 Å². The number of allylic oxidation sites excluding steroid dienone is 1. The highest BCUT2D eigenvalue weighted by molar-refractivity contribution is 6.07. The molecule has 0 saturated heterocycles. The number of anilines is 1. The first-order valence-electron chi connectivity index (χ1n) is 7.11. The van der Waals surface area contributed by atoms with Gasteiger partial charge in [-0.05, 0) is 43.4 Å². The van der Waals surface area contributed by atoms with Gasteiger partial charge in [0.2, 0.25) is 6.79 Å². The average Bonchev–Trinajstić information content (AvgIpc) is 2.96. The van der Waals surface area contributed by atoms with Gasteiger partial charge in [-0.3, -0.25) is 4.79 Å². The van der Waals surface area contributed by atoms with E-state index in [2.05, 4.69) is 11.4 Å². The SMILES string of the molecule is N#CC(C(=O)Nc1ccc2c(c1)OCO2)=C1CCCCC1. The normalized spacial score (nSPS) is 16.2. The number of carbonyl (C=O) groups is 1. The van der Waals surface area contributed by atoms with Crippen molar-refractivity contribution in [2.24, 2.45) is 0 Å². The Morgan fingerprint density at radius 2 is 1.90 bits per heavy atom. The van der Waals surface area contributed by atoms with E-state index in [0.717, 1.165) is 31.3 Å². The van der Waals surface area contributed by atoms with Crippen molar-refractivity contribution in [2.45, 2.75) is 32.1 Å². The fraction of sp³-hybridized carbons (Fsp3) is 0.375. The summed E-state index contributed by atoms with van der Waals surface area (Å²) < 4.78 is 10.5. The van der Waals surface area contributed by atoms with Crippen molar-refractivity contribution >= 4 is 11.6 Å². The van der Waals surface area contributed by atoms with Crippen LogP contribution in [0.25, 0.3) is 0 Å². The smallest absolute Gasteiger partial charge is 0.266 e. The monoisotopic (exact) mass is 284 g/mol. The number of benzene rings is 1.